The molecule has 0 spiro atoms. The van der Waals surface area contributed by atoms with E-state index in [0.29, 0.717) is 0 Å². The molecule has 0 saturated heterocycles. The van der Waals surface area contributed by atoms with Gasteiger partial charge in [0, 0.05) is 15.6 Å². The van der Waals surface area contributed by atoms with Crippen LogP contribution < -0.4 is 4.74 Å². The molecule has 0 atom stereocenters. The Morgan fingerprint density at radius 2 is 1.67 bits per heavy atom. The van der Waals surface area contributed by atoms with Gasteiger partial charge in [-0.2, -0.15) is 0 Å². The molecule has 0 aromatic heterocycles. The Morgan fingerprint density at radius 3 is 2.46 bits per heavy atom. The molecule has 4 rings (SSSR count). The van der Waals surface area contributed by atoms with Gasteiger partial charge >= 0.3 is 0 Å². The second kappa shape index (κ2) is 5.45. The van der Waals surface area contributed by atoms with E-state index in [0.717, 1.165) is 26.9 Å². The molecule has 1 heterocycles. The van der Waals surface area contributed by atoms with Gasteiger partial charge in [-0.05, 0) is 54.8 Å². The van der Waals surface area contributed by atoms with Crippen LogP contribution >= 0.6 is 15.9 Å². The third-order valence-corrected chi connectivity index (χ3v) is 4.87. The molecule has 0 fully saturated rings. The molecule has 1 nitrogen and oxygen atoms in total. The van der Waals surface area contributed by atoms with Crippen molar-refractivity contribution in [2.24, 2.45) is 0 Å². The van der Waals surface area contributed by atoms with Crippen LogP contribution in [-0.4, -0.2) is 0 Å². The van der Waals surface area contributed by atoms with Gasteiger partial charge in [0.15, 0.2) is 0 Å². The minimum Gasteiger partial charge on any atom is -0.482 e. The highest BCUT2D eigenvalue weighted by Gasteiger charge is 2.32. The molecule has 0 radical (unpaired) electrons. The summed E-state index contributed by atoms with van der Waals surface area (Å²) in [6.45, 7) is 4.14. The Morgan fingerprint density at radius 1 is 0.875 bits per heavy atom. The van der Waals surface area contributed by atoms with E-state index in [4.69, 9.17) is 4.74 Å². The molecule has 3 heteroatoms. The summed E-state index contributed by atoms with van der Waals surface area (Å²) in [5.41, 5.74) is 4.80. The molecule has 3 aromatic rings. The maximum atomic E-state index is 13.7. The zero-order chi connectivity index (χ0) is 16.9. The fraction of sp³-hybridized carbons (Fsp3) is 0.143. The number of benzene rings is 3. The van der Waals surface area contributed by atoms with Gasteiger partial charge in [0.1, 0.15) is 17.2 Å². The van der Waals surface area contributed by atoms with Crippen LogP contribution in [0.4, 0.5) is 4.39 Å². The van der Waals surface area contributed by atoms with E-state index in [-0.39, 0.29) is 5.82 Å². The van der Waals surface area contributed by atoms with Crippen LogP contribution in [0.2, 0.25) is 0 Å². The van der Waals surface area contributed by atoms with E-state index in [1.54, 1.807) is 0 Å². The summed E-state index contributed by atoms with van der Waals surface area (Å²) < 4.78 is 20.7. The van der Waals surface area contributed by atoms with Crippen LogP contribution in [0.25, 0.3) is 22.3 Å². The van der Waals surface area contributed by atoms with Gasteiger partial charge < -0.3 is 4.74 Å². The lowest BCUT2D eigenvalue weighted by Gasteiger charge is -2.35. The van der Waals surface area contributed by atoms with Crippen molar-refractivity contribution in [3.8, 4) is 28.0 Å². The van der Waals surface area contributed by atoms with Crippen molar-refractivity contribution in [1.29, 1.82) is 0 Å². The van der Waals surface area contributed by atoms with Crippen LogP contribution in [0.15, 0.2) is 65.1 Å². The Labute approximate surface area is 149 Å². The monoisotopic (exact) mass is 382 g/mol. The molecule has 24 heavy (non-hydrogen) atoms. The van der Waals surface area contributed by atoms with Crippen molar-refractivity contribution in [3.63, 3.8) is 0 Å². The van der Waals surface area contributed by atoms with E-state index in [2.05, 4.69) is 48.0 Å². The van der Waals surface area contributed by atoms with Crippen LogP contribution in [0.3, 0.4) is 0 Å². The number of hydrogen-bond acceptors (Lipinski definition) is 1. The van der Waals surface area contributed by atoms with Gasteiger partial charge in [0.2, 0.25) is 0 Å². The Bertz CT molecular complexity index is 926. The highest BCUT2D eigenvalue weighted by molar-refractivity contribution is 9.10. The topological polar surface area (TPSA) is 9.23 Å². The van der Waals surface area contributed by atoms with Crippen molar-refractivity contribution < 1.29 is 9.13 Å². The van der Waals surface area contributed by atoms with Crippen molar-refractivity contribution in [2.75, 3.05) is 0 Å². The number of ether oxygens (including phenoxy) is 1. The quantitative estimate of drug-likeness (QED) is 0.463. The molecule has 1 aliphatic rings. The van der Waals surface area contributed by atoms with Crippen LogP contribution in [0.1, 0.15) is 19.4 Å². The highest BCUT2D eigenvalue weighted by Crippen LogP contribution is 2.46. The van der Waals surface area contributed by atoms with Crippen molar-refractivity contribution >= 4 is 15.9 Å². The summed E-state index contributed by atoms with van der Waals surface area (Å²) in [5.74, 6) is 0.570. The molecular formula is C21H16BrFO. The predicted octanol–water partition coefficient (Wildman–Crippen LogP) is 6.55. The first-order chi connectivity index (χ1) is 11.4. The highest BCUT2D eigenvalue weighted by atomic mass is 79.9. The molecule has 0 saturated carbocycles. The van der Waals surface area contributed by atoms with Crippen molar-refractivity contribution in [1.82, 2.24) is 0 Å². The molecule has 0 amide bonds. The summed E-state index contributed by atoms with van der Waals surface area (Å²) >= 11 is 3.35. The summed E-state index contributed by atoms with van der Waals surface area (Å²) in [6.07, 6.45) is 0. The van der Waals surface area contributed by atoms with Gasteiger partial charge in [-0.1, -0.05) is 52.3 Å². The normalized spacial score (nSPS) is 14.5. The molecule has 1 aliphatic heterocycles. The summed E-state index contributed by atoms with van der Waals surface area (Å²) in [7, 11) is 0. The number of halogens is 2. The summed E-state index contributed by atoms with van der Waals surface area (Å²) in [6, 6.07) is 19.3. The van der Waals surface area contributed by atoms with Gasteiger partial charge in [-0.15, -0.1) is 0 Å². The first-order valence-corrected chi connectivity index (χ1v) is 8.63. The lowest BCUT2D eigenvalue weighted by atomic mass is 9.85. The zero-order valence-electron chi connectivity index (χ0n) is 13.4. The van der Waals surface area contributed by atoms with E-state index in [1.165, 1.54) is 23.3 Å². The molecule has 0 bridgehead atoms. The van der Waals surface area contributed by atoms with E-state index in [1.807, 2.05) is 30.3 Å². The average Bonchev–Trinajstić information content (AvgIpc) is 2.53. The standard InChI is InChI=1S/C21H16BrFO/c1-21(2)19-6-4-3-5-17(19)18-8-7-13(11-20(18)24-21)14-9-15(22)12-16(23)10-14/h3-12H,1-2H3. The third kappa shape index (κ3) is 2.53. The molecule has 0 unspecified atom stereocenters. The first kappa shape index (κ1) is 15.4. The minimum atomic E-state index is -0.398. The fourth-order valence-electron chi connectivity index (χ4n) is 3.30. The SMILES string of the molecule is CC1(C)Oc2cc(-c3cc(F)cc(Br)c3)ccc2-c2ccccc21. The lowest BCUT2D eigenvalue weighted by Crippen LogP contribution is -2.29. The maximum absolute atomic E-state index is 13.7. The Hall–Kier alpha value is -2.13. The Balaban J connectivity index is 1.88. The van der Waals surface area contributed by atoms with E-state index in [9.17, 15) is 4.39 Å². The predicted molar refractivity (Wildman–Crippen MR) is 98.6 cm³/mol. The number of fused-ring (bicyclic) bond motifs is 3. The van der Waals surface area contributed by atoms with Crippen molar-refractivity contribution in [2.45, 2.75) is 19.4 Å². The van der Waals surface area contributed by atoms with Gasteiger partial charge in [-0.3, -0.25) is 0 Å². The number of hydrogen-bond donors (Lipinski definition) is 0. The van der Waals surface area contributed by atoms with Gasteiger partial charge in [-0.25, -0.2) is 4.39 Å². The molecular weight excluding hydrogens is 367 g/mol. The average molecular weight is 383 g/mol. The smallest absolute Gasteiger partial charge is 0.129 e. The molecule has 3 aromatic carbocycles. The van der Waals surface area contributed by atoms with Crippen molar-refractivity contribution in [3.05, 3.63) is 76.5 Å². The molecule has 0 aliphatic carbocycles. The zero-order valence-corrected chi connectivity index (χ0v) is 15.0. The first-order valence-electron chi connectivity index (χ1n) is 7.83. The lowest BCUT2D eigenvalue weighted by molar-refractivity contribution is 0.106. The van der Waals surface area contributed by atoms with Gasteiger partial charge in [0.05, 0.1) is 0 Å². The van der Waals surface area contributed by atoms with Crippen LogP contribution in [0.5, 0.6) is 5.75 Å². The largest absolute Gasteiger partial charge is 0.482 e. The van der Waals surface area contributed by atoms with E-state index >= 15 is 0 Å². The third-order valence-electron chi connectivity index (χ3n) is 4.41. The molecule has 120 valence electrons. The minimum absolute atomic E-state index is 0.260. The van der Waals surface area contributed by atoms with Gasteiger partial charge in [0.25, 0.3) is 0 Å². The number of rotatable bonds is 1. The second-order valence-corrected chi connectivity index (χ2v) is 7.44. The van der Waals surface area contributed by atoms with Crippen LogP contribution in [-0.2, 0) is 5.60 Å². The van der Waals surface area contributed by atoms with Crippen LogP contribution in [0, 0.1) is 5.82 Å². The Kier molecular flexibility index (Phi) is 3.50. The fourth-order valence-corrected chi connectivity index (χ4v) is 3.77. The molecule has 0 N–H and O–H groups in total. The van der Waals surface area contributed by atoms with E-state index < -0.39 is 5.60 Å². The second-order valence-electron chi connectivity index (χ2n) is 6.53. The summed E-state index contributed by atoms with van der Waals surface area (Å²) in [4.78, 5) is 0. The maximum Gasteiger partial charge on any atom is 0.129 e. The summed E-state index contributed by atoms with van der Waals surface area (Å²) in [5, 5.41) is 0.